The van der Waals surface area contributed by atoms with Crippen molar-refractivity contribution in [2.75, 3.05) is 0 Å². The quantitative estimate of drug-likeness (QED) is 0.876. The van der Waals surface area contributed by atoms with Crippen LogP contribution in [0.4, 0.5) is 0 Å². The molecule has 2 heteroatoms. The summed E-state index contributed by atoms with van der Waals surface area (Å²) in [5.74, 6) is -0.671. The molecule has 0 aliphatic rings. The second-order valence-electron chi connectivity index (χ2n) is 5.13. The lowest BCUT2D eigenvalue weighted by atomic mass is 9.92. The van der Waals surface area contributed by atoms with Gasteiger partial charge in [-0.3, -0.25) is 0 Å². The summed E-state index contributed by atoms with van der Waals surface area (Å²) in [6.07, 6.45) is 0. The molecular weight excluding hydrogens is 236 g/mol. The Morgan fingerprint density at radius 2 is 1.58 bits per heavy atom. The third kappa shape index (κ3) is 2.84. The first kappa shape index (κ1) is 13.3. The van der Waals surface area contributed by atoms with Crippen LogP contribution in [0, 0.1) is 6.92 Å². The summed E-state index contributed by atoms with van der Waals surface area (Å²) in [6.45, 7) is 6.08. The van der Waals surface area contributed by atoms with Gasteiger partial charge in [-0.05, 0) is 35.6 Å². The van der Waals surface area contributed by atoms with Gasteiger partial charge in [-0.25, -0.2) is 4.79 Å². The zero-order chi connectivity index (χ0) is 14.0. The van der Waals surface area contributed by atoms with Crippen molar-refractivity contribution >= 4 is 5.97 Å². The van der Waals surface area contributed by atoms with Gasteiger partial charge in [0.25, 0.3) is 0 Å². The Labute approximate surface area is 113 Å². The van der Waals surface area contributed by atoms with E-state index < -0.39 is 5.97 Å². The molecule has 0 spiro atoms. The minimum absolute atomic E-state index is 0.191. The predicted octanol–water partition coefficient (Wildman–Crippen LogP) is 4.48. The Morgan fingerprint density at radius 1 is 1.00 bits per heavy atom. The Kier molecular flexibility index (Phi) is 3.70. The van der Waals surface area contributed by atoms with Crippen LogP contribution in [0.25, 0.3) is 11.1 Å². The van der Waals surface area contributed by atoms with E-state index in [1.807, 2.05) is 26.0 Å². The van der Waals surface area contributed by atoms with Crippen LogP contribution in [0.3, 0.4) is 0 Å². The first-order valence-corrected chi connectivity index (χ1v) is 6.43. The maximum Gasteiger partial charge on any atom is 0.335 e. The molecule has 0 aliphatic carbocycles. The van der Waals surface area contributed by atoms with Gasteiger partial charge in [0.1, 0.15) is 0 Å². The Morgan fingerprint density at radius 3 is 2.11 bits per heavy atom. The van der Waals surface area contributed by atoms with Crippen LogP contribution >= 0.6 is 0 Å². The largest absolute Gasteiger partial charge is 0.478 e. The molecule has 2 nitrogen and oxygen atoms in total. The third-order valence-electron chi connectivity index (χ3n) is 3.29. The van der Waals surface area contributed by atoms with Gasteiger partial charge in [-0.15, -0.1) is 0 Å². The molecule has 2 rings (SSSR count). The number of hydrogen-bond donors (Lipinski definition) is 1. The van der Waals surface area contributed by atoms with E-state index in [1.54, 1.807) is 6.07 Å². The maximum absolute atomic E-state index is 11.2. The van der Waals surface area contributed by atoms with Gasteiger partial charge in [-0.1, -0.05) is 55.8 Å². The molecular formula is C17H18O2. The molecule has 0 saturated heterocycles. The van der Waals surface area contributed by atoms with Gasteiger partial charge in [0, 0.05) is 0 Å². The molecule has 0 fully saturated rings. The molecule has 0 aliphatic heterocycles. The number of aryl methyl sites for hydroxylation is 1. The van der Waals surface area contributed by atoms with E-state index in [4.69, 9.17) is 0 Å². The SMILES string of the molecule is Cc1ccc(-c2ccc(C(=O)O)c(C(C)C)c2)cc1. The average molecular weight is 254 g/mol. The van der Waals surface area contributed by atoms with E-state index in [-0.39, 0.29) is 5.92 Å². The molecule has 0 radical (unpaired) electrons. The molecule has 98 valence electrons. The van der Waals surface area contributed by atoms with Crippen molar-refractivity contribution in [3.63, 3.8) is 0 Å². The maximum atomic E-state index is 11.2. The van der Waals surface area contributed by atoms with Crippen molar-refractivity contribution in [2.24, 2.45) is 0 Å². The molecule has 0 unspecified atom stereocenters. The molecule has 0 heterocycles. The normalized spacial score (nSPS) is 10.7. The molecule has 0 saturated carbocycles. The molecule has 0 atom stereocenters. The van der Waals surface area contributed by atoms with E-state index in [2.05, 4.69) is 31.2 Å². The minimum Gasteiger partial charge on any atom is -0.478 e. The average Bonchev–Trinajstić information content (AvgIpc) is 2.38. The smallest absolute Gasteiger partial charge is 0.335 e. The van der Waals surface area contributed by atoms with Gasteiger partial charge in [0.05, 0.1) is 5.56 Å². The monoisotopic (exact) mass is 254 g/mol. The first-order valence-electron chi connectivity index (χ1n) is 6.43. The van der Waals surface area contributed by atoms with Crippen LogP contribution in [-0.4, -0.2) is 11.1 Å². The lowest BCUT2D eigenvalue weighted by Crippen LogP contribution is -2.04. The van der Waals surface area contributed by atoms with Gasteiger partial charge >= 0.3 is 5.97 Å². The van der Waals surface area contributed by atoms with Crippen LogP contribution < -0.4 is 0 Å². The van der Waals surface area contributed by atoms with Gasteiger partial charge in [0.15, 0.2) is 0 Å². The number of carbonyl (C=O) groups is 1. The molecule has 1 N–H and O–H groups in total. The van der Waals surface area contributed by atoms with Crippen LogP contribution in [-0.2, 0) is 0 Å². The summed E-state index contributed by atoms with van der Waals surface area (Å²) in [5.41, 5.74) is 4.67. The molecule has 19 heavy (non-hydrogen) atoms. The van der Waals surface area contributed by atoms with Gasteiger partial charge in [0.2, 0.25) is 0 Å². The van der Waals surface area contributed by atoms with Crippen molar-refractivity contribution in [3.05, 3.63) is 59.2 Å². The van der Waals surface area contributed by atoms with Crippen molar-refractivity contribution in [1.29, 1.82) is 0 Å². The zero-order valence-electron chi connectivity index (χ0n) is 11.5. The Bertz CT molecular complexity index is 595. The fourth-order valence-electron chi connectivity index (χ4n) is 2.16. The standard InChI is InChI=1S/C17H18O2/c1-11(2)16-10-14(8-9-15(16)17(18)19)13-6-4-12(3)5-7-13/h4-11H,1-3H3,(H,18,19). The van der Waals surface area contributed by atoms with E-state index in [0.717, 1.165) is 16.7 Å². The number of carboxylic acids is 1. The van der Waals surface area contributed by atoms with Crippen molar-refractivity contribution in [3.8, 4) is 11.1 Å². The molecule has 2 aromatic rings. The Hall–Kier alpha value is -2.09. The molecule has 0 bridgehead atoms. The van der Waals surface area contributed by atoms with Crippen LogP contribution in [0.2, 0.25) is 0 Å². The summed E-state index contributed by atoms with van der Waals surface area (Å²) in [7, 11) is 0. The number of hydrogen-bond acceptors (Lipinski definition) is 1. The highest BCUT2D eigenvalue weighted by Crippen LogP contribution is 2.27. The number of aromatic carboxylic acids is 1. The highest BCUT2D eigenvalue weighted by Gasteiger charge is 2.13. The first-order chi connectivity index (χ1) is 8.99. The summed E-state index contributed by atoms with van der Waals surface area (Å²) < 4.78 is 0. The van der Waals surface area contributed by atoms with Crippen LogP contribution in [0.15, 0.2) is 42.5 Å². The zero-order valence-corrected chi connectivity index (χ0v) is 11.5. The van der Waals surface area contributed by atoms with Crippen molar-refractivity contribution in [1.82, 2.24) is 0 Å². The second kappa shape index (κ2) is 5.27. The fourth-order valence-corrected chi connectivity index (χ4v) is 2.16. The van der Waals surface area contributed by atoms with E-state index >= 15 is 0 Å². The fraction of sp³-hybridized carbons (Fsp3) is 0.235. The predicted molar refractivity (Wildman–Crippen MR) is 77.7 cm³/mol. The van der Waals surface area contributed by atoms with Crippen LogP contribution in [0.5, 0.6) is 0 Å². The van der Waals surface area contributed by atoms with E-state index in [9.17, 15) is 9.90 Å². The van der Waals surface area contributed by atoms with Crippen molar-refractivity contribution in [2.45, 2.75) is 26.7 Å². The van der Waals surface area contributed by atoms with E-state index in [1.165, 1.54) is 5.56 Å². The molecule has 0 amide bonds. The number of benzene rings is 2. The third-order valence-corrected chi connectivity index (χ3v) is 3.29. The van der Waals surface area contributed by atoms with E-state index in [0.29, 0.717) is 5.56 Å². The lowest BCUT2D eigenvalue weighted by Gasteiger charge is -2.12. The topological polar surface area (TPSA) is 37.3 Å². The number of rotatable bonds is 3. The Balaban J connectivity index is 2.52. The highest BCUT2D eigenvalue weighted by atomic mass is 16.4. The highest BCUT2D eigenvalue weighted by molar-refractivity contribution is 5.90. The van der Waals surface area contributed by atoms with Gasteiger partial charge < -0.3 is 5.11 Å². The molecule has 0 aromatic heterocycles. The summed E-state index contributed by atoms with van der Waals surface area (Å²) in [6, 6.07) is 13.8. The summed E-state index contributed by atoms with van der Waals surface area (Å²) in [5, 5.41) is 9.21. The molecule has 2 aromatic carbocycles. The number of carboxylic acid groups (broad SMARTS) is 1. The van der Waals surface area contributed by atoms with Crippen LogP contribution in [0.1, 0.15) is 41.3 Å². The minimum atomic E-state index is -0.862. The summed E-state index contributed by atoms with van der Waals surface area (Å²) in [4.78, 5) is 11.2. The second-order valence-corrected chi connectivity index (χ2v) is 5.13. The lowest BCUT2D eigenvalue weighted by molar-refractivity contribution is 0.0695. The van der Waals surface area contributed by atoms with Crippen molar-refractivity contribution < 1.29 is 9.90 Å². The summed E-state index contributed by atoms with van der Waals surface area (Å²) >= 11 is 0. The van der Waals surface area contributed by atoms with Gasteiger partial charge in [-0.2, -0.15) is 0 Å².